The maximum Gasteiger partial charge on any atom is 0.325 e. The van der Waals surface area contributed by atoms with E-state index in [0.717, 1.165) is 12.2 Å². The molecule has 1 aliphatic rings. The molecule has 1 N–H and O–H groups in total. The molecule has 1 atom stereocenters. The van der Waals surface area contributed by atoms with Crippen molar-refractivity contribution in [3.8, 4) is 11.3 Å². The van der Waals surface area contributed by atoms with Crippen LogP contribution < -0.4 is 15.1 Å². The third-order valence-corrected chi connectivity index (χ3v) is 5.99. The molecule has 2 aromatic carbocycles. The van der Waals surface area contributed by atoms with E-state index < -0.39 is 11.1 Å². The summed E-state index contributed by atoms with van der Waals surface area (Å²) in [5, 5.41) is 16.4. The van der Waals surface area contributed by atoms with Gasteiger partial charge in [-0.2, -0.15) is 0 Å². The molecular formula is C21H20N5O4S+. The van der Waals surface area contributed by atoms with Crippen LogP contribution in [0.2, 0.25) is 0 Å². The number of nitrogens with one attached hydrogen (secondary N) is 1. The van der Waals surface area contributed by atoms with E-state index in [9.17, 15) is 19.7 Å². The largest absolute Gasteiger partial charge is 0.325 e. The highest BCUT2D eigenvalue weighted by Crippen LogP contribution is 2.37. The highest BCUT2D eigenvalue weighted by Gasteiger charge is 2.45. The lowest BCUT2D eigenvalue weighted by Crippen LogP contribution is -2.60. The number of amides is 1. The number of non-ortho nitro benzene ring substituents is 1. The highest BCUT2D eigenvalue weighted by atomic mass is 32.2. The SMILES string of the molecule is CCCSc1n[n+]2c(c(=O)[nH]1)-c1ccccc1N(C(C)=O)C2c1cccc([N+](=O)[O-])c1. The molecule has 31 heavy (non-hydrogen) atoms. The summed E-state index contributed by atoms with van der Waals surface area (Å²) in [5.41, 5.74) is 1.46. The van der Waals surface area contributed by atoms with Gasteiger partial charge in [0.25, 0.3) is 11.9 Å². The second-order valence-electron chi connectivity index (χ2n) is 7.03. The van der Waals surface area contributed by atoms with Crippen LogP contribution >= 0.6 is 11.8 Å². The fourth-order valence-corrected chi connectivity index (χ4v) is 4.38. The standard InChI is InChI=1S/C21H19N5O4S/c1-3-11-31-21-22-19(28)18-16-9-4-5-10-17(16)24(13(2)27)20(25(18)23-21)14-7-6-8-15(12-14)26(29)30/h4-10,12,20H,3,11H2,1-2H3/p+1. The predicted octanol–water partition coefficient (Wildman–Crippen LogP) is 3.05. The first-order valence-electron chi connectivity index (χ1n) is 9.75. The van der Waals surface area contributed by atoms with Gasteiger partial charge in [0.1, 0.15) is 0 Å². The number of nitro groups is 1. The number of nitro benzene ring substituents is 1. The monoisotopic (exact) mass is 438 g/mol. The van der Waals surface area contributed by atoms with Gasteiger partial charge in [-0.05, 0) is 29.3 Å². The van der Waals surface area contributed by atoms with Crippen molar-refractivity contribution in [2.75, 3.05) is 10.7 Å². The van der Waals surface area contributed by atoms with Gasteiger partial charge in [-0.25, -0.2) is 4.90 Å². The molecule has 1 unspecified atom stereocenters. The van der Waals surface area contributed by atoms with E-state index in [2.05, 4.69) is 10.1 Å². The Kier molecular flexibility index (Phi) is 5.55. The Hall–Kier alpha value is -3.53. The van der Waals surface area contributed by atoms with Gasteiger partial charge in [0.2, 0.25) is 11.1 Å². The van der Waals surface area contributed by atoms with Crippen LogP contribution in [0.25, 0.3) is 11.3 Å². The summed E-state index contributed by atoms with van der Waals surface area (Å²) in [6.45, 7) is 3.45. The third-order valence-electron chi connectivity index (χ3n) is 4.92. The fourth-order valence-electron chi connectivity index (χ4n) is 3.68. The van der Waals surface area contributed by atoms with E-state index in [-0.39, 0.29) is 17.2 Å². The minimum absolute atomic E-state index is 0.104. The number of thioether (sulfide) groups is 1. The number of benzene rings is 2. The molecule has 9 nitrogen and oxygen atoms in total. The summed E-state index contributed by atoms with van der Waals surface area (Å²) in [6.07, 6.45) is 0.0536. The number of hydrogen-bond donors (Lipinski definition) is 1. The third kappa shape index (κ3) is 3.70. The van der Waals surface area contributed by atoms with E-state index in [1.807, 2.05) is 6.92 Å². The van der Waals surface area contributed by atoms with E-state index in [1.165, 1.54) is 40.4 Å². The molecular weight excluding hydrogens is 418 g/mol. The Morgan fingerprint density at radius 3 is 2.77 bits per heavy atom. The molecule has 3 aromatic rings. The van der Waals surface area contributed by atoms with Crippen molar-refractivity contribution in [2.24, 2.45) is 0 Å². The van der Waals surface area contributed by atoms with E-state index in [4.69, 9.17) is 0 Å². The minimum atomic E-state index is -0.842. The zero-order valence-corrected chi connectivity index (χ0v) is 17.8. The Morgan fingerprint density at radius 2 is 2.06 bits per heavy atom. The molecule has 0 spiro atoms. The topological polar surface area (TPSA) is 113 Å². The van der Waals surface area contributed by atoms with E-state index in [0.29, 0.717) is 27.7 Å². The second-order valence-corrected chi connectivity index (χ2v) is 8.12. The number of para-hydroxylation sites is 1. The Labute approximate surface area is 181 Å². The van der Waals surface area contributed by atoms with Crippen molar-refractivity contribution in [1.29, 1.82) is 0 Å². The molecule has 158 valence electrons. The molecule has 0 bridgehead atoms. The number of rotatable bonds is 5. The van der Waals surface area contributed by atoms with Crippen LogP contribution in [0.15, 0.2) is 58.5 Å². The number of aromatic nitrogens is 3. The number of carbonyl (C=O) groups is 1. The van der Waals surface area contributed by atoms with Gasteiger partial charge in [-0.3, -0.25) is 24.7 Å². The van der Waals surface area contributed by atoms with E-state index in [1.54, 1.807) is 36.4 Å². The lowest BCUT2D eigenvalue weighted by molar-refractivity contribution is -0.763. The Morgan fingerprint density at radius 1 is 1.29 bits per heavy atom. The lowest BCUT2D eigenvalue weighted by atomic mass is 10.0. The van der Waals surface area contributed by atoms with Gasteiger partial charge in [0, 0.05) is 29.9 Å². The first-order valence-corrected chi connectivity index (χ1v) is 10.7. The molecule has 0 fully saturated rings. The number of hydrogen-bond acceptors (Lipinski definition) is 6. The summed E-state index contributed by atoms with van der Waals surface area (Å²) >= 11 is 1.40. The maximum absolute atomic E-state index is 13.1. The maximum atomic E-state index is 13.1. The van der Waals surface area contributed by atoms with Crippen LogP contribution in [0.4, 0.5) is 11.4 Å². The summed E-state index contributed by atoms with van der Waals surface area (Å²) in [5.74, 6) is 0.489. The number of H-pyrrole nitrogens is 1. The van der Waals surface area contributed by atoms with Gasteiger partial charge in [-0.1, -0.05) is 36.9 Å². The zero-order chi connectivity index (χ0) is 22.1. The van der Waals surface area contributed by atoms with Crippen molar-refractivity contribution in [3.05, 3.63) is 74.6 Å². The van der Waals surface area contributed by atoms with Crippen molar-refractivity contribution in [2.45, 2.75) is 31.6 Å². The average Bonchev–Trinajstić information content (AvgIpc) is 2.76. The molecule has 1 aromatic heterocycles. The quantitative estimate of drug-likeness (QED) is 0.284. The molecule has 1 amide bonds. The zero-order valence-electron chi connectivity index (χ0n) is 16.9. The Balaban J connectivity index is 2.03. The fraction of sp³-hybridized carbons (Fsp3) is 0.238. The summed E-state index contributed by atoms with van der Waals surface area (Å²) < 4.78 is 1.50. The molecule has 4 rings (SSSR count). The van der Waals surface area contributed by atoms with Gasteiger partial charge in [-0.15, -0.1) is 0 Å². The number of fused-ring (bicyclic) bond motifs is 3. The number of carbonyl (C=O) groups excluding carboxylic acids is 1. The van der Waals surface area contributed by atoms with Crippen LogP contribution in [0.5, 0.6) is 0 Å². The number of nitrogens with zero attached hydrogens (tertiary/aromatic N) is 4. The van der Waals surface area contributed by atoms with Gasteiger partial charge in [0.05, 0.1) is 21.7 Å². The Bertz CT molecular complexity index is 1240. The molecule has 2 heterocycles. The highest BCUT2D eigenvalue weighted by molar-refractivity contribution is 7.99. The van der Waals surface area contributed by atoms with E-state index >= 15 is 0 Å². The molecule has 0 saturated heterocycles. The normalized spacial score (nSPS) is 14.6. The van der Waals surface area contributed by atoms with Gasteiger partial charge < -0.3 is 0 Å². The van der Waals surface area contributed by atoms with Gasteiger partial charge >= 0.3 is 11.3 Å². The molecule has 0 aliphatic carbocycles. The first kappa shape index (κ1) is 20.7. The first-order chi connectivity index (χ1) is 14.9. The van der Waals surface area contributed by atoms with Crippen molar-refractivity contribution < 1.29 is 14.4 Å². The summed E-state index contributed by atoms with van der Waals surface area (Å²) in [6, 6.07) is 13.1. The minimum Gasteiger partial charge on any atom is -0.291 e. The smallest absolute Gasteiger partial charge is 0.291 e. The van der Waals surface area contributed by atoms with Crippen molar-refractivity contribution in [3.63, 3.8) is 0 Å². The van der Waals surface area contributed by atoms with Crippen molar-refractivity contribution >= 4 is 29.0 Å². The summed E-state index contributed by atoms with van der Waals surface area (Å²) in [7, 11) is 0. The van der Waals surface area contributed by atoms with Crippen LogP contribution in [-0.4, -0.2) is 26.7 Å². The molecule has 0 radical (unpaired) electrons. The average molecular weight is 438 g/mol. The molecule has 0 saturated carbocycles. The van der Waals surface area contributed by atoms with Gasteiger partial charge in [0.15, 0.2) is 0 Å². The number of aromatic amines is 1. The molecule has 1 aliphatic heterocycles. The van der Waals surface area contributed by atoms with Crippen LogP contribution in [0.1, 0.15) is 32.0 Å². The predicted molar refractivity (Wildman–Crippen MR) is 116 cm³/mol. The van der Waals surface area contributed by atoms with Crippen LogP contribution in [0.3, 0.4) is 0 Å². The second kappa shape index (κ2) is 8.31. The lowest BCUT2D eigenvalue weighted by Gasteiger charge is -2.31. The summed E-state index contributed by atoms with van der Waals surface area (Å²) in [4.78, 5) is 41.1. The van der Waals surface area contributed by atoms with Crippen LogP contribution in [-0.2, 0) is 4.79 Å². The van der Waals surface area contributed by atoms with Crippen molar-refractivity contribution in [1.82, 2.24) is 10.1 Å². The number of anilines is 1. The molecule has 10 heteroatoms. The van der Waals surface area contributed by atoms with Crippen LogP contribution in [0, 0.1) is 10.1 Å².